The molecule has 1 fully saturated rings. The van der Waals surface area contributed by atoms with Crippen molar-refractivity contribution in [2.75, 3.05) is 20.2 Å². The number of hydrogen-bond donors (Lipinski definition) is 2. The van der Waals surface area contributed by atoms with Crippen molar-refractivity contribution in [3.63, 3.8) is 0 Å². The molecule has 7 nitrogen and oxygen atoms in total. The lowest BCUT2D eigenvalue weighted by Gasteiger charge is -2.36. The average Bonchev–Trinajstić information content (AvgIpc) is 3.22. The molecular weight excluding hydrogens is 449 g/mol. The second-order valence-corrected chi connectivity index (χ2v) is 8.44. The fraction of sp³-hybridized carbons (Fsp3) is 0.333. The number of piperidine rings is 1. The number of benzene rings is 2. The highest BCUT2D eigenvalue weighted by molar-refractivity contribution is 5.95. The van der Waals surface area contributed by atoms with Crippen molar-refractivity contribution in [1.82, 2.24) is 19.8 Å². The summed E-state index contributed by atoms with van der Waals surface area (Å²) in [6.07, 6.45) is 3.09. The Labute approximate surface area is 194 Å². The number of nitrogens with one attached hydrogen (secondary N) is 1. The van der Waals surface area contributed by atoms with Gasteiger partial charge < -0.3 is 19.7 Å². The van der Waals surface area contributed by atoms with Crippen molar-refractivity contribution in [2.45, 2.75) is 32.0 Å². The summed E-state index contributed by atoms with van der Waals surface area (Å²) in [7, 11) is 1.51. The lowest BCUT2D eigenvalue weighted by Crippen LogP contribution is -2.52. The van der Waals surface area contributed by atoms with E-state index in [0.29, 0.717) is 24.3 Å². The minimum Gasteiger partial charge on any atom is -0.495 e. The van der Waals surface area contributed by atoms with Crippen molar-refractivity contribution in [3.8, 4) is 11.4 Å². The highest BCUT2D eigenvalue weighted by Gasteiger charge is 2.28. The van der Waals surface area contributed by atoms with E-state index in [-0.39, 0.29) is 24.6 Å². The lowest BCUT2D eigenvalue weighted by atomic mass is 10.0. The second-order valence-electron chi connectivity index (χ2n) is 8.44. The van der Waals surface area contributed by atoms with Crippen LogP contribution in [-0.4, -0.2) is 57.8 Å². The molecule has 4 rings (SSSR count). The number of ether oxygens (including phenoxy) is 1. The molecule has 2 atom stereocenters. The number of halogens is 3. The van der Waals surface area contributed by atoms with E-state index < -0.39 is 29.6 Å². The van der Waals surface area contributed by atoms with Crippen LogP contribution in [0.25, 0.3) is 5.69 Å². The van der Waals surface area contributed by atoms with Gasteiger partial charge in [-0.3, -0.25) is 9.69 Å². The van der Waals surface area contributed by atoms with Crippen LogP contribution < -0.4 is 10.1 Å². The lowest BCUT2D eigenvalue weighted by molar-refractivity contribution is 0.0458. The molecule has 1 aliphatic heterocycles. The number of amides is 1. The summed E-state index contributed by atoms with van der Waals surface area (Å²) in [4.78, 5) is 18.9. The third-order valence-corrected chi connectivity index (χ3v) is 5.72. The van der Waals surface area contributed by atoms with Gasteiger partial charge in [-0.15, -0.1) is 0 Å². The number of aliphatic hydroxyl groups excluding tert-OH is 1. The Morgan fingerprint density at radius 1 is 1.21 bits per heavy atom. The minimum absolute atomic E-state index is 0.102. The molecule has 2 unspecified atom stereocenters. The van der Waals surface area contributed by atoms with Gasteiger partial charge in [0.05, 0.1) is 30.9 Å². The van der Waals surface area contributed by atoms with E-state index in [1.54, 1.807) is 34.0 Å². The second kappa shape index (κ2) is 9.86. The van der Waals surface area contributed by atoms with Gasteiger partial charge in [0.25, 0.3) is 5.91 Å². The van der Waals surface area contributed by atoms with Crippen LogP contribution in [0.1, 0.15) is 28.0 Å². The van der Waals surface area contributed by atoms with Crippen LogP contribution in [0.2, 0.25) is 0 Å². The molecule has 0 bridgehead atoms. The number of nitrogens with zero attached hydrogens (tertiary/aromatic N) is 3. The Kier molecular flexibility index (Phi) is 6.90. The molecule has 3 aromatic rings. The van der Waals surface area contributed by atoms with Crippen LogP contribution in [0.15, 0.2) is 42.9 Å². The largest absolute Gasteiger partial charge is 0.495 e. The summed E-state index contributed by atoms with van der Waals surface area (Å²) in [5, 5.41) is 13.2. The topological polar surface area (TPSA) is 79.6 Å². The summed E-state index contributed by atoms with van der Waals surface area (Å²) >= 11 is 0. The van der Waals surface area contributed by atoms with E-state index in [2.05, 4.69) is 10.3 Å². The third kappa shape index (κ3) is 5.23. The number of likely N-dealkylation sites (tertiary alicyclic amines) is 1. The van der Waals surface area contributed by atoms with Crippen LogP contribution >= 0.6 is 0 Å². The van der Waals surface area contributed by atoms with Gasteiger partial charge in [0.2, 0.25) is 0 Å². The number of carbonyl (C=O) groups is 1. The number of aromatic nitrogens is 2. The third-order valence-electron chi connectivity index (χ3n) is 5.72. The molecule has 1 amide bonds. The van der Waals surface area contributed by atoms with E-state index in [1.807, 2.05) is 13.1 Å². The summed E-state index contributed by atoms with van der Waals surface area (Å²) in [5.41, 5.74) is 2.20. The molecule has 10 heteroatoms. The molecule has 0 saturated carbocycles. The first-order valence-corrected chi connectivity index (χ1v) is 10.8. The monoisotopic (exact) mass is 474 g/mol. The van der Waals surface area contributed by atoms with Gasteiger partial charge in [0.15, 0.2) is 17.5 Å². The molecule has 180 valence electrons. The number of methoxy groups -OCH3 is 1. The SMILES string of the molecule is COc1cc(C(=O)NC2CC(O)CN(Cc3cc(F)c(F)c(F)c3)C2)ccc1-n1cnc(C)c1. The summed E-state index contributed by atoms with van der Waals surface area (Å²) in [6.45, 7) is 2.59. The van der Waals surface area contributed by atoms with E-state index in [1.165, 1.54) is 7.11 Å². The summed E-state index contributed by atoms with van der Waals surface area (Å²) < 4.78 is 47.6. The van der Waals surface area contributed by atoms with E-state index in [0.717, 1.165) is 23.5 Å². The number of β-amino-alcohol motifs (C(OH)–C–C–N with tert-alkyl or cyclic N) is 1. The van der Waals surface area contributed by atoms with Gasteiger partial charge in [-0.25, -0.2) is 18.2 Å². The zero-order chi connectivity index (χ0) is 24.4. The molecule has 34 heavy (non-hydrogen) atoms. The van der Waals surface area contributed by atoms with Crippen LogP contribution in [0, 0.1) is 24.4 Å². The first-order chi connectivity index (χ1) is 16.2. The molecule has 2 N–H and O–H groups in total. The zero-order valence-corrected chi connectivity index (χ0v) is 18.8. The minimum atomic E-state index is -1.52. The first-order valence-electron chi connectivity index (χ1n) is 10.8. The van der Waals surface area contributed by atoms with Crippen molar-refractivity contribution in [1.29, 1.82) is 0 Å². The maximum absolute atomic E-state index is 13.6. The molecule has 2 aromatic carbocycles. The normalized spacial score (nSPS) is 18.6. The molecule has 0 radical (unpaired) electrons. The predicted molar refractivity (Wildman–Crippen MR) is 118 cm³/mol. The summed E-state index contributed by atoms with van der Waals surface area (Å²) in [5.74, 6) is -3.89. The predicted octanol–water partition coefficient (Wildman–Crippen LogP) is 2.97. The molecular formula is C24H25F3N4O3. The quantitative estimate of drug-likeness (QED) is 0.537. The van der Waals surface area contributed by atoms with Crippen molar-refractivity contribution < 1.29 is 27.8 Å². The molecule has 1 saturated heterocycles. The van der Waals surface area contributed by atoms with Gasteiger partial charge >= 0.3 is 0 Å². The molecule has 0 spiro atoms. The van der Waals surface area contributed by atoms with Crippen LogP contribution in [0.4, 0.5) is 13.2 Å². The highest BCUT2D eigenvalue weighted by Crippen LogP contribution is 2.25. The number of imidazole rings is 1. The Morgan fingerprint density at radius 2 is 1.94 bits per heavy atom. The zero-order valence-electron chi connectivity index (χ0n) is 18.8. The van der Waals surface area contributed by atoms with Gasteiger partial charge in [0.1, 0.15) is 5.75 Å². The number of rotatable bonds is 6. The number of hydrogen-bond acceptors (Lipinski definition) is 5. The Hall–Kier alpha value is -3.37. The smallest absolute Gasteiger partial charge is 0.251 e. The average molecular weight is 474 g/mol. The van der Waals surface area contributed by atoms with Gasteiger partial charge in [-0.05, 0) is 49.2 Å². The molecule has 2 heterocycles. The maximum atomic E-state index is 13.6. The van der Waals surface area contributed by atoms with Crippen LogP contribution in [0.3, 0.4) is 0 Å². The van der Waals surface area contributed by atoms with Gasteiger partial charge in [-0.2, -0.15) is 0 Å². The fourth-order valence-corrected chi connectivity index (χ4v) is 4.21. The van der Waals surface area contributed by atoms with Crippen molar-refractivity contribution in [2.24, 2.45) is 0 Å². The molecule has 0 aliphatic carbocycles. The van der Waals surface area contributed by atoms with Crippen molar-refractivity contribution in [3.05, 3.63) is 77.1 Å². The van der Waals surface area contributed by atoms with Gasteiger partial charge in [0, 0.05) is 37.4 Å². The first kappa shape index (κ1) is 23.8. The van der Waals surface area contributed by atoms with Crippen LogP contribution in [0.5, 0.6) is 5.75 Å². The van der Waals surface area contributed by atoms with Gasteiger partial charge in [-0.1, -0.05) is 0 Å². The number of carbonyl (C=O) groups excluding carboxylic acids is 1. The van der Waals surface area contributed by atoms with Crippen LogP contribution in [-0.2, 0) is 6.54 Å². The Bertz CT molecular complexity index is 1180. The standard InChI is InChI=1S/C24H25F3N4O3/c1-14-9-31(13-28-14)21-4-3-16(7-22(21)34-2)24(33)29-17-8-18(32)12-30(11-17)10-15-5-19(25)23(27)20(26)6-15/h3-7,9,13,17-18,32H,8,10-12H2,1-2H3,(H,29,33). The number of aliphatic hydroxyl groups is 1. The number of aryl methyl sites for hydroxylation is 1. The van der Waals surface area contributed by atoms with E-state index >= 15 is 0 Å². The van der Waals surface area contributed by atoms with E-state index in [9.17, 15) is 23.1 Å². The molecule has 1 aromatic heterocycles. The Morgan fingerprint density at radius 3 is 2.59 bits per heavy atom. The molecule has 1 aliphatic rings. The fourth-order valence-electron chi connectivity index (χ4n) is 4.21. The summed E-state index contributed by atoms with van der Waals surface area (Å²) in [6, 6.07) is 6.53. The maximum Gasteiger partial charge on any atom is 0.251 e. The van der Waals surface area contributed by atoms with Crippen molar-refractivity contribution >= 4 is 5.91 Å². The Balaban J connectivity index is 1.45. The van der Waals surface area contributed by atoms with E-state index in [4.69, 9.17) is 4.74 Å². The highest BCUT2D eigenvalue weighted by atomic mass is 19.2.